The highest BCUT2D eigenvalue weighted by atomic mass is 16.5. The molecule has 0 aromatic rings. The average Bonchev–Trinajstić information content (AvgIpc) is 2.12. The first-order valence-electron chi connectivity index (χ1n) is 4.53. The fourth-order valence-corrected chi connectivity index (χ4v) is 0.803. The molecule has 0 aromatic heterocycles. The molecule has 74 valence electrons. The molecule has 0 spiro atoms. The molecule has 0 saturated carbocycles. The summed E-state index contributed by atoms with van der Waals surface area (Å²) in [5, 5.41) is 0. The van der Waals surface area contributed by atoms with Crippen LogP contribution in [-0.4, -0.2) is 13.2 Å². The maximum atomic E-state index is 5.30. The predicted octanol–water partition coefficient (Wildman–Crippen LogP) is 3.03. The first-order chi connectivity index (χ1) is 6.24. The molecule has 0 N–H and O–H groups in total. The summed E-state index contributed by atoms with van der Waals surface area (Å²) in [6.45, 7) is 10.8. The van der Waals surface area contributed by atoms with Crippen LogP contribution in [0, 0.1) is 0 Å². The normalized spacial score (nSPS) is 11.8. The van der Waals surface area contributed by atoms with E-state index in [1.807, 2.05) is 32.9 Å². The maximum absolute atomic E-state index is 5.30. The summed E-state index contributed by atoms with van der Waals surface area (Å²) < 4.78 is 10.4. The van der Waals surface area contributed by atoms with Crippen LogP contribution in [0.15, 0.2) is 36.3 Å². The first-order valence-corrected chi connectivity index (χ1v) is 4.53. The largest absolute Gasteiger partial charge is 0.495 e. The van der Waals surface area contributed by atoms with E-state index in [9.17, 15) is 0 Å². The highest BCUT2D eigenvalue weighted by Crippen LogP contribution is 2.03. The molecule has 0 aliphatic rings. The van der Waals surface area contributed by atoms with E-state index in [4.69, 9.17) is 9.47 Å². The molecule has 13 heavy (non-hydrogen) atoms. The highest BCUT2D eigenvalue weighted by Gasteiger charge is 1.89. The highest BCUT2D eigenvalue weighted by molar-refractivity contribution is 5.18. The van der Waals surface area contributed by atoms with Gasteiger partial charge in [0, 0.05) is 0 Å². The third-order valence-electron chi connectivity index (χ3n) is 1.36. The predicted molar refractivity (Wildman–Crippen MR) is 55.3 cm³/mol. The number of rotatable bonds is 6. The SMILES string of the molecule is C=C(/C=C\C(=C/C)OCC)OCC. The summed E-state index contributed by atoms with van der Waals surface area (Å²) in [6, 6.07) is 0. The monoisotopic (exact) mass is 182 g/mol. The van der Waals surface area contributed by atoms with Crippen molar-refractivity contribution >= 4 is 0 Å². The van der Waals surface area contributed by atoms with E-state index in [0.717, 1.165) is 5.76 Å². The fourth-order valence-electron chi connectivity index (χ4n) is 0.803. The zero-order valence-corrected chi connectivity index (χ0v) is 8.67. The summed E-state index contributed by atoms with van der Waals surface area (Å²) in [6.07, 6.45) is 5.55. The van der Waals surface area contributed by atoms with Gasteiger partial charge < -0.3 is 9.47 Å². The zero-order chi connectivity index (χ0) is 10.1. The van der Waals surface area contributed by atoms with Gasteiger partial charge in [-0.3, -0.25) is 0 Å². The van der Waals surface area contributed by atoms with Gasteiger partial charge in [0.2, 0.25) is 0 Å². The van der Waals surface area contributed by atoms with Crippen LogP contribution in [0.2, 0.25) is 0 Å². The Hall–Kier alpha value is -1.18. The minimum absolute atomic E-state index is 0.642. The molecule has 0 amide bonds. The summed E-state index contributed by atoms with van der Waals surface area (Å²) in [5.74, 6) is 1.49. The Morgan fingerprint density at radius 2 is 1.77 bits per heavy atom. The van der Waals surface area contributed by atoms with Gasteiger partial charge >= 0.3 is 0 Å². The number of hydrogen-bond acceptors (Lipinski definition) is 2. The Bertz CT molecular complexity index is 202. The van der Waals surface area contributed by atoms with Gasteiger partial charge in [0.15, 0.2) is 0 Å². The van der Waals surface area contributed by atoms with E-state index in [1.54, 1.807) is 6.08 Å². The van der Waals surface area contributed by atoms with E-state index < -0.39 is 0 Å². The molecule has 0 aliphatic heterocycles. The Kier molecular flexibility index (Phi) is 6.79. The smallest absolute Gasteiger partial charge is 0.115 e. The zero-order valence-electron chi connectivity index (χ0n) is 8.67. The van der Waals surface area contributed by atoms with Crippen LogP contribution in [0.4, 0.5) is 0 Å². The van der Waals surface area contributed by atoms with Crippen LogP contribution in [0.3, 0.4) is 0 Å². The minimum atomic E-state index is 0.642. The second kappa shape index (κ2) is 7.47. The third-order valence-corrected chi connectivity index (χ3v) is 1.36. The average molecular weight is 182 g/mol. The van der Waals surface area contributed by atoms with Gasteiger partial charge in [0.1, 0.15) is 11.5 Å². The molecule has 0 unspecified atom stereocenters. The molecule has 0 atom stereocenters. The van der Waals surface area contributed by atoms with Crippen LogP contribution in [-0.2, 0) is 9.47 Å². The lowest BCUT2D eigenvalue weighted by molar-refractivity contribution is 0.236. The van der Waals surface area contributed by atoms with Crippen molar-refractivity contribution in [1.29, 1.82) is 0 Å². The lowest BCUT2D eigenvalue weighted by Crippen LogP contribution is -1.89. The lowest BCUT2D eigenvalue weighted by Gasteiger charge is -2.03. The van der Waals surface area contributed by atoms with Gasteiger partial charge in [-0.2, -0.15) is 0 Å². The molecule has 2 heteroatoms. The van der Waals surface area contributed by atoms with Gasteiger partial charge in [-0.05, 0) is 39.0 Å². The number of hydrogen-bond donors (Lipinski definition) is 0. The van der Waals surface area contributed by atoms with Gasteiger partial charge in [-0.15, -0.1) is 0 Å². The minimum Gasteiger partial charge on any atom is -0.495 e. The van der Waals surface area contributed by atoms with E-state index in [1.165, 1.54) is 0 Å². The molecule has 0 rings (SSSR count). The maximum Gasteiger partial charge on any atom is 0.115 e. The first kappa shape index (κ1) is 11.8. The summed E-state index contributed by atoms with van der Waals surface area (Å²) in [4.78, 5) is 0. The van der Waals surface area contributed by atoms with Crippen LogP contribution in [0.1, 0.15) is 20.8 Å². The molecular formula is C11H18O2. The summed E-state index contributed by atoms with van der Waals surface area (Å²) >= 11 is 0. The summed E-state index contributed by atoms with van der Waals surface area (Å²) in [5.41, 5.74) is 0. The number of ether oxygens (including phenoxy) is 2. The quantitative estimate of drug-likeness (QED) is 0.464. The van der Waals surface area contributed by atoms with E-state index in [0.29, 0.717) is 19.0 Å². The van der Waals surface area contributed by atoms with Crippen molar-refractivity contribution in [2.75, 3.05) is 13.2 Å². The van der Waals surface area contributed by atoms with Crippen molar-refractivity contribution in [2.24, 2.45) is 0 Å². The standard InChI is InChI=1S/C11H18O2/c1-5-11(13-7-3)9-8-10(4)12-6-2/h5,8-9H,4,6-7H2,1-3H3/b9-8-,11-5+. The third kappa shape index (κ3) is 6.02. The van der Waals surface area contributed by atoms with Crippen molar-refractivity contribution in [1.82, 2.24) is 0 Å². The van der Waals surface area contributed by atoms with Crippen LogP contribution in [0.5, 0.6) is 0 Å². The second-order valence-electron chi connectivity index (χ2n) is 2.36. The van der Waals surface area contributed by atoms with Gasteiger partial charge in [-0.1, -0.05) is 6.58 Å². The molecular weight excluding hydrogens is 164 g/mol. The van der Waals surface area contributed by atoms with Crippen LogP contribution >= 0.6 is 0 Å². The van der Waals surface area contributed by atoms with Gasteiger partial charge in [0.05, 0.1) is 13.2 Å². The van der Waals surface area contributed by atoms with Crippen LogP contribution < -0.4 is 0 Å². The molecule has 0 bridgehead atoms. The van der Waals surface area contributed by atoms with Crippen molar-refractivity contribution in [3.8, 4) is 0 Å². The molecule has 2 nitrogen and oxygen atoms in total. The second-order valence-corrected chi connectivity index (χ2v) is 2.36. The molecule has 0 aromatic carbocycles. The Morgan fingerprint density at radius 3 is 2.23 bits per heavy atom. The molecule has 0 heterocycles. The number of allylic oxidation sites excluding steroid dienone is 3. The Labute approximate surface area is 80.5 Å². The van der Waals surface area contributed by atoms with Crippen molar-refractivity contribution in [3.63, 3.8) is 0 Å². The van der Waals surface area contributed by atoms with Crippen molar-refractivity contribution in [2.45, 2.75) is 20.8 Å². The molecule has 0 fully saturated rings. The Morgan fingerprint density at radius 1 is 1.15 bits per heavy atom. The Balaban J connectivity index is 4.00. The van der Waals surface area contributed by atoms with Crippen molar-refractivity contribution in [3.05, 3.63) is 36.3 Å². The van der Waals surface area contributed by atoms with E-state index >= 15 is 0 Å². The lowest BCUT2D eigenvalue weighted by atomic mass is 10.4. The summed E-state index contributed by atoms with van der Waals surface area (Å²) in [7, 11) is 0. The fraction of sp³-hybridized carbons (Fsp3) is 0.455. The molecule has 0 aliphatic carbocycles. The van der Waals surface area contributed by atoms with Crippen LogP contribution in [0.25, 0.3) is 0 Å². The van der Waals surface area contributed by atoms with Crippen molar-refractivity contribution < 1.29 is 9.47 Å². The van der Waals surface area contributed by atoms with Gasteiger partial charge in [-0.25, -0.2) is 0 Å². The molecule has 0 radical (unpaired) electrons. The van der Waals surface area contributed by atoms with E-state index in [-0.39, 0.29) is 0 Å². The van der Waals surface area contributed by atoms with E-state index in [2.05, 4.69) is 6.58 Å². The van der Waals surface area contributed by atoms with Gasteiger partial charge in [0.25, 0.3) is 0 Å². The molecule has 0 saturated heterocycles. The topological polar surface area (TPSA) is 18.5 Å².